The number of pyridine rings is 1. The topological polar surface area (TPSA) is 22.1 Å². The van der Waals surface area contributed by atoms with Crippen molar-refractivity contribution in [1.29, 1.82) is 0 Å². The number of ether oxygens (including phenoxy) is 1. The summed E-state index contributed by atoms with van der Waals surface area (Å²) in [6.07, 6.45) is 0. The van der Waals surface area contributed by atoms with Crippen LogP contribution in [0.5, 0.6) is 5.75 Å². The molecule has 17 heavy (non-hydrogen) atoms. The molecular formula is C12H11Br2NOS. The van der Waals surface area contributed by atoms with Crippen LogP contribution in [0.4, 0.5) is 0 Å². The zero-order chi connectivity index (χ0) is 12.3. The Labute approximate surface area is 121 Å². The number of hydrogen-bond donors (Lipinski definition) is 0. The lowest BCUT2D eigenvalue weighted by Gasteiger charge is -2.08. The summed E-state index contributed by atoms with van der Waals surface area (Å²) in [5.41, 5.74) is 1.95. The Hall–Kier alpha value is -0.390. The van der Waals surface area contributed by atoms with Crippen LogP contribution in [-0.2, 0) is 11.9 Å². The molecule has 2 heterocycles. The van der Waals surface area contributed by atoms with Crippen LogP contribution in [0.15, 0.2) is 28.1 Å². The molecule has 2 aromatic heterocycles. The van der Waals surface area contributed by atoms with Gasteiger partial charge in [-0.2, -0.15) is 0 Å². The summed E-state index contributed by atoms with van der Waals surface area (Å²) in [4.78, 5) is 5.62. The van der Waals surface area contributed by atoms with Crippen molar-refractivity contribution in [2.24, 2.45) is 0 Å². The molecule has 0 aliphatic rings. The monoisotopic (exact) mass is 375 g/mol. The van der Waals surface area contributed by atoms with E-state index in [1.165, 1.54) is 4.88 Å². The van der Waals surface area contributed by atoms with Crippen LogP contribution in [0.1, 0.15) is 16.3 Å². The fourth-order valence-electron chi connectivity index (χ4n) is 1.40. The largest absolute Gasteiger partial charge is 0.486 e. The molecule has 0 amide bonds. The lowest BCUT2D eigenvalue weighted by Crippen LogP contribution is -1.99. The molecule has 90 valence electrons. The quantitative estimate of drug-likeness (QED) is 0.722. The molecular weight excluding hydrogens is 366 g/mol. The lowest BCUT2D eigenvalue weighted by atomic mass is 10.3. The van der Waals surface area contributed by atoms with Crippen LogP contribution in [0.25, 0.3) is 0 Å². The van der Waals surface area contributed by atoms with E-state index in [2.05, 4.69) is 42.9 Å². The minimum atomic E-state index is 0.584. The highest BCUT2D eigenvalue weighted by Gasteiger charge is 2.06. The first-order valence-electron chi connectivity index (χ1n) is 5.08. The summed E-state index contributed by atoms with van der Waals surface area (Å²) in [6.45, 7) is 2.56. The SMILES string of the molecule is Cc1ccc(OCc2ccc(Br)s2)c(CBr)n1. The van der Waals surface area contributed by atoms with Crippen LogP contribution in [0.2, 0.25) is 0 Å². The van der Waals surface area contributed by atoms with E-state index < -0.39 is 0 Å². The standard InChI is InChI=1S/C12H11Br2NOS/c1-8-2-4-11(10(6-13)15-8)16-7-9-3-5-12(14)17-9/h2-5H,6-7H2,1H3. The van der Waals surface area contributed by atoms with Crippen molar-refractivity contribution < 1.29 is 4.74 Å². The van der Waals surface area contributed by atoms with Crippen molar-refractivity contribution in [3.8, 4) is 5.75 Å². The Balaban J connectivity index is 2.08. The summed E-state index contributed by atoms with van der Waals surface area (Å²) in [6, 6.07) is 8.03. The molecule has 0 aliphatic heterocycles. The van der Waals surface area contributed by atoms with Gasteiger partial charge in [-0.3, -0.25) is 4.98 Å². The first-order valence-corrected chi connectivity index (χ1v) is 7.81. The normalized spacial score (nSPS) is 10.5. The number of thiophene rings is 1. The van der Waals surface area contributed by atoms with Crippen molar-refractivity contribution in [3.05, 3.63) is 44.3 Å². The maximum atomic E-state index is 5.78. The minimum Gasteiger partial charge on any atom is -0.486 e. The Kier molecular flexibility index (Phi) is 4.59. The van der Waals surface area contributed by atoms with E-state index in [4.69, 9.17) is 4.74 Å². The number of halogens is 2. The molecule has 5 heteroatoms. The predicted octanol–water partition coefficient (Wildman–Crippen LogP) is 4.69. The highest BCUT2D eigenvalue weighted by molar-refractivity contribution is 9.11. The zero-order valence-corrected chi connectivity index (χ0v) is 13.2. The molecule has 2 rings (SSSR count). The fourth-order valence-corrected chi connectivity index (χ4v) is 3.20. The average molecular weight is 377 g/mol. The molecule has 0 saturated carbocycles. The van der Waals surface area contributed by atoms with Crippen molar-refractivity contribution in [1.82, 2.24) is 4.98 Å². The third-order valence-electron chi connectivity index (χ3n) is 2.20. The summed E-state index contributed by atoms with van der Waals surface area (Å²) < 4.78 is 6.90. The average Bonchev–Trinajstić information content (AvgIpc) is 2.73. The second-order valence-electron chi connectivity index (χ2n) is 3.53. The van der Waals surface area contributed by atoms with Crippen molar-refractivity contribution in [3.63, 3.8) is 0 Å². The van der Waals surface area contributed by atoms with Gasteiger partial charge in [0, 0.05) is 15.9 Å². The van der Waals surface area contributed by atoms with Gasteiger partial charge in [-0.05, 0) is 47.1 Å². The van der Waals surface area contributed by atoms with E-state index in [9.17, 15) is 0 Å². The summed E-state index contributed by atoms with van der Waals surface area (Å²) in [5, 5.41) is 0.706. The van der Waals surface area contributed by atoms with Gasteiger partial charge in [0.1, 0.15) is 12.4 Å². The smallest absolute Gasteiger partial charge is 0.142 e. The van der Waals surface area contributed by atoms with Crippen molar-refractivity contribution in [2.45, 2.75) is 18.9 Å². The highest BCUT2D eigenvalue weighted by Crippen LogP contribution is 2.25. The molecule has 2 aromatic rings. The van der Waals surface area contributed by atoms with Crippen LogP contribution in [-0.4, -0.2) is 4.98 Å². The minimum absolute atomic E-state index is 0.584. The second kappa shape index (κ2) is 5.98. The lowest BCUT2D eigenvalue weighted by molar-refractivity contribution is 0.305. The van der Waals surface area contributed by atoms with Gasteiger partial charge in [0.15, 0.2) is 0 Å². The Morgan fingerprint density at radius 1 is 1.29 bits per heavy atom. The van der Waals surface area contributed by atoms with Crippen LogP contribution >= 0.6 is 43.2 Å². The predicted molar refractivity (Wildman–Crippen MR) is 78.0 cm³/mol. The summed E-state index contributed by atoms with van der Waals surface area (Å²) in [7, 11) is 0. The number of nitrogens with zero attached hydrogens (tertiary/aromatic N) is 1. The number of aryl methyl sites for hydroxylation is 1. The van der Waals surface area contributed by atoms with E-state index in [0.29, 0.717) is 11.9 Å². The van der Waals surface area contributed by atoms with Gasteiger partial charge in [0.2, 0.25) is 0 Å². The van der Waals surface area contributed by atoms with Gasteiger partial charge in [-0.25, -0.2) is 0 Å². The Morgan fingerprint density at radius 2 is 2.12 bits per heavy atom. The number of aromatic nitrogens is 1. The van der Waals surface area contributed by atoms with Gasteiger partial charge in [0.05, 0.1) is 9.48 Å². The van der Waals surface area contributed by atoms with Crippen molar-refractivity contribution >= 4 is 43.2 Å². The Bertz CT molecular complexity index is 513. The molecule has 0 fully saturated rings. The molecule has 0 spiro atoms. The van der Waals surface area contributed by atoms with Gasteiger partial charge in [0.25, 0.3) is 0 Å². The number of rotatable bonds is 4. The second-order valence-corrected chi connectivity index (χ2v) is 6.63. The third kappa shape index (κ3) is 3.53. The molecule has 0 aromatic carbocycles. The van der Waals surface area contributed by atoms with E-state index >= 15 is 0 Å². The van der Waals surface area contributed by atoms with Crippen LogP contribution in [0, 0.1) is 6.92 Å². The van der Waals surface area contributed by atoms with Crippen LogP contribution in [0.3, 0.4) is 0 Å². The fraction of sp³-hybridized carbons (Fsp3) is 0.250. The van der Waals surface area contributed by atoms with E-state index in [-0.39, 0.29) is 0 Å². The maximum Gasteiger partial charge on any atom is 0.142 e. The van der Waals surface area contributed by atoms with E-state index in [1.807, 2.05) is 25.1 Å². The first kappa shape index (κ1) is 13.1. The summed E-state index contributed by atoms with van der Waals surface area (Å²) in [5.74, 6) is 0.844. The van der Waals surface area contributed by atoms with E-state index in [1.54, 1.807) is 11.3 Å². The Morgan fingerprint density at radius 3 is 2.76 bits per heavy atom. The molecule has 0 atom stereocenters. The van der Waals surface area contributed by atoms with Gasteiger partial charge < -0.3 is 4.74 Å². The van der Waals surface area contributed by atoms with Gasteiger partial charge in [-0.15, -0.1) is 11.3 Å². The molecule has 0 aliphatic carbocycles. The molecule has 2 nitrogen and oxygen atoms in total. The first-order chi connectivity index (χ1) is 8.19. The van der Waals surface area contributed by atoms with Crippen LogP contribution < -0.4 is 4.74 Å². The molecule has 0 bridgehead atoms. The van der Waals surface area contributed by atoms with E-state index in [0.717, 1.165) is 20.9 Å². The van der Waals surface area contributed by atoms with Crippen molar-refractivity contribution in [2.75, 3.05) is 0 Å². The zero-order valence-electron chi connectivity index (χ0n) is 9.24. The van der Waals surface area contributed by atoms with Gasteiger partial charge >= 0.3 is 0 Å². The molecule has 0 unspecified atom stereocenters. The molecule has 0 N–H and O–H groups in total. The third-order valence-corrected chi connectivity index (χ3v) is 4.33. The number of hydrogen-bond acceptors (Lipinski definition) is 3. The maximum absolute atomic E-state index is 5.78. The summed E-state index contributed by atoms with van der Waals surface area (Å²) >= 11 is 8.55. The molecule has 0 radical (unpaired) electrons. The number of alkyl halides is 1. The molecule has 0 saturated heterocycles. The van der Waals surface area contributed by atoms with Gasteiger partial charge in [-0.1, -0.05) is 15.9 Å². The highest BCUT2D eigenvalue weighted by atomic mass is 79.9.